The monoisotopic (exact) mass is 488 g/mol. The number of nitrogens with two attached hydrogens (primary N) is 1. The van der Waals surface area contributed by atoms with Gasteiger partial charge in [-0.1, -0.05) is 18.2 Å². The van der Waals surface area contributed by atoms with Crippen LogP contribution in [0.4, 0.5) is 24.9 Å². The number of hydrogen-bond donors (Lipinski definition) is 3. The van der Waals surface area contributed by atoms with E-state index in [9.17, 15) is 13.2 Å². The lowest BCUT2D eigenvalue weighted by molar-refractivity contribution is -0.137. The zero-order valence-electron chi connectivity index (χ0n) is 19.3. The Balaban J connectivity index is 1.77. The second-order valence-corrected chi connectivity index (χ2v) is 8.02. The molecule has 0 spiro atoms. The predicted molar refractivity (Wildman–Crippen MR) is 127 cm³/mol. The van der Waals surface area contributed by atoms with Gasteiger partial charge in [0.05, 0.1) is 24.3 Å². The van der Waals surface area contributed by atoms with E-state index in [1.165, 1.54) is 0 Å². The van der Waals surface area contributed by atoms with Crippen molar-refractivity contribution in [3.8, 4) is 22.8 Å². The van der Waals surface area contributed by atoms with E-state index in [0.717, 1.165) is 30.9 Å². The Morgan fingerprint density at radius 3 is 2.57 bits per heavy atom. The summed E-state index contributed by atoms with van der Waals surface area (Å²) in [7, 11) is 1.88. The number of benzene rings is 1. The van der Waals surface area contributed by atoms with E-state index in [1.54, 1.807) is 0 Å². The zero-order chi connectivity index (χ0) is 24.8. The van der Waals surface area contributed by atoms with Crippen LogP contribution >= 0.6 is 0 Å². The molecule has 1 aliphatic rings. The summed E-state index contributed by atoms with van der Waals surface area (Å²) in [6.07, 6.45) is -3.60. The van der Waals surface area contributed by atoms with Crippen LogP contribution < -0.4 is 21.3 Å². The molecule has 2 aromatic heterocycles. The molecule has 3 heterocycles. The van der Waals surface area contributed by atoms with Crippen molar-refractivity contribution in [3.05, 3.63) is 47.7 Å². The van der Waals surface area contributed by atoms with Crippen LogP contribution in [0.3, 0.4) is 0 Å². The van der Waals surface area contributed by atoms with Gasteiger partial charge in [-0.2, -0.15) is 23.1 Å². The Bertz CT molecular complexity index is 1150. The quantitative estimate of drug-likeness (QED) is 0.411. The molecular weight excluding hydrogens is 461 g/mol. The van der Waals surface area contributed by atoms with Crippen molar-refractivity contribution >= 4 is 11.8 Å². The molecule has 0 amide bonds. The van der Waals surface area contributed by atoms with Crippen LogP contribution in [0.5, 0.6) is 0 Å². The number of anilines is 2. The first-order valence-corrected chi connectivity index (χ1v) is 11.2. The lowest BCUT2D eigenvalue weighted by Gasteiger charge is -2.27. The van der Waals surface area contributed by atoms with Gasteiger partial charge in [0.2, 0.25) is 5.95 Å². The minimum atomic E-state index is -4.66. The van der Waals surface area contributed by atoms with E-state index in [1.807, 2.05) is 36.2 Å². The van der Waals surface area contributed by atoms with Crippen LogP contribution in [-0.4, -0.2) is 66.4 Å². The second kappa shape index (κ2) is 10.9. The second-order valence-electron chi connectivity index (χ2n) is 8.02. The average molecular weight is 489 g/mol. The smallest absolute Gasteiger partial charge is 0.384 e. The van der Waals surface area contributed by atoms with Gasteiger partial charge in [-0.25, -0.2) is 9.97 Å². The number of pyridine rings is 1. The first-order chi connectivity index (χ1) is 16.8. The van der Waals surface area contributed by atoms with E-state index >= 15 is 0 Å². The summed E-state index contributed by atoms with van der Waals surface area (Å²) in [6.45, 7) is 4.24. The molecule has 1 fully saturated rings. The number of rotatable bonds is 8. The summed E-state index contributed by atoms with van der Waals surface area (Å²) in [6, 6.07) is 8.37. The van der Waals surface area contributed by atoms with Gasteiger partial charge in [0, 0.05) is 44.5 Å². The van der Waals surface area contributed by atoms with Gasteiger partial charge < -0.3 is 26.0 Å². The molecular formula is C23H27F3N8O. The van der Waals surface area contributed by atoms with E-state index in [-0.39, 0.29) is 29.0 Å². The SMILES string of the molecule is CNCCNCc1cccc(-c2nc(-c3cnc(N)cc3C(F)(F)F)nc(N3CCOCC3)n2)c1. The summed E-state index contributed by atoms with van der Waals surface area (Å²) < 4.78 is 46.9. The van der Waals surface area contributed by atoms with E-state index in [4.69, 9.17) is 10.5 Å². The van der Waals surface area contributed by atoms with E-state index in [0.29, 0.717) is 38.4 Å². The van der Waals surface area contributed by atoms with Crippen molar-refractivity contribution in [2.75, 3.05) is 57.1 Å². The molecule has 1 aliphatic heterocycles. The minimum absolute atomic E-state index is 0.117. The zero-order valence-corrected chi connectivity index (χ0v) is 19.3. The number of nitrogen functional groups attached to an aromatic ring is 1. The first-order valence-electron chi connectivity index (χ1n) is 11.2. The Morgan fingerprint density at radius 2 is 1.83 bits per heavy atom. The van der Waals surface area contributed by atoms with Crippen molar-refractivity contribution in [2.24, 2.45) is 0 Å². The van der Waals surface area contributed by atoms with Crippen LogP contribution in [0.25, 0.3) is 22.8 Å². The topological polar surface area (TPSA) is 114 Å². The van der Waals surface area contributed by atoms with E-state index < -0.39 is 11.7 Å². The van der Waals surface area contributed by atoms with Crippen molar-refractivity contribution in [3.63, 3.8) is 0 Å². The fraction of sp³-hybridized carbons (Fsp3) is 0.391. The predicted octanol–water partition coefficient (Wildman–Crippen LogP) is 2.35. The van der Waals surface area contributed by atoms with Crippen molar-refractivity contribution < 1.29 is 17.9 Å². The third-order valence-electron chi connectivity index (χ3n) is 5.46. The van der Waals surface area contributed by atoms with Gasteiger partial charge in [-0.05, 0) is 24.7 Å². The number of hydrogen-bond acceptors (Lipinski definition) is 9. The van der Waals surface area contributed by atoms with Gasteiger partial charge >= 0.3 is 6.18 Å². The first kappa shape index (κ1) is 24.8. The van der Waals surface area contributed by atoms with E-state index in [2.05, 4.69) is 30.6 Å². The maximum Gasteiger partial charge on any atom is 0.417 e. The highest BCUT2D eigenvalue weighted by atomic mass is 19.4. The molecule has 0 aliphatic carbocycles. The minimum Gasteiger partial charge on any atom is -0.384 e. The molecule has 0 radical (unpaired) electrons. The number of nitrogens with zero attached hydrogens (tertiary/aromatic N) is 5. The Morgan fingerprint density at radius 1 is 1.06 bits per heavy atom. The lowest BCUT2D eigenvalue weighted by atomic mass is 10.1. The molecule has 4 N–H and O–H groups in total. The third-order valence-corrected chi connectivity index (χ3v) is 5.46. The summed E-state index contributed by atoms with van der Waals surface area (Å²) in [5.41, 5.74) is 6.02. The lowest BCUT2D eigenvalue weighted by Crippen LogP contribution is -2.37. The highest BCUT2D eigenvalue weighted by molar-refractivity contribution is 5.67. The number of nitrogens with one attached hydrogen (secondary N) is 2. The van der Waals surface area contributed by atoms with Crippen LogP contribution in [-0.2, 0) is 17.5 Å². The number of halogens is 3. The highest BCUT2D eigenvalue weighted by Crippen LogP contribution is 2.37. The summed E-state index contributed by atoms with van der Waals surface area (Å²) in [5.74, 6) is 0.213. The number of ether oxygens (including phenoxy) is 1. The molecule has 35 heavy (non-hydrogen) atoms. The third kappa shape index (κ3) is 6.21. The maximum atomic E-state index is 13.8. The summed E-state index contributed by atoms with van der Waals surface area (Å²) in [4.78, 5) is 19.2. The van der Waals surface area contributed by atoms with Gasteiger partial charge in [0.25, 0.3) is 0 Å². The number of morpholine rings is 1. The van der Waals surface area contributed by atoms with Crippen molar-refractivity contribution in [1.82, 2.24) is 30.6 Å². The van der Waals surface area contributed by atoms with Crippen molar-refractivity contribution in [2.45, 2.75) is 12.7 Å². The molecule has 9 nitrogen and oxygen atoms in total. The summed E-state index contributed by atoms with van der Waals surface area (Å²) in [5, 5.41) is 6.40. The van der Waals surface area contributed by atoms with Crippen LogP contribution in [0.15, 0.2) is 36.5 Å². The molecule has 4 rings (SSSR count). The highest BCUT2D eigenvalue weighted by Gasteiger charge is 2.35. The van der Waals surface area contributed by atoms with Crippen molar-refractivity contribution in [1.29, 1.82) is 0 Å². The van der Waals surface area contributed by atoms with Crippen LogP contribution in [0.2, 0.25) is 0 Å². The van der Waals surface area contributed by atoms with Crippen LogP contribution in [0, 0.1) is 0 Å². The van der Waals surface area contributed by atoms with Gasteiger partial charge in [0.15, 0.2) is 11.6 Å². The fourth-order valence-corrected chi connectivity index (χ4v) is 3.67. The molecule has 0 bridgehead atoms. The van der Waals surface area contributed by atoms with Gasteiger partial charge in [0.1, 0.15) is 5.82 Å². The number of likely N-dealkylation sites (N-methyl/N-ethyl adjacent to an activating group) is 1. The molecule has 1 saturated heterocycles. The Kier molecular flexibility index (Phi) is 7.73. The average Bonchev–Trinajstić information content (AvgIpc) is 2.86. The number of alkyl halides is 3. The van der Waals surface area contributed by atoms with Gasteiger partial charge in [-0.3, -0.25) is 0 Å². The molecule has 0 saturated carbocycles. The molecule has 186 valence electrons. The molecule has 3 aromatic rings. The molecule has 0 atom stereocenters. The Labute approximate surface area is 201 Å². The molecule has 1 aromatic carbocycles. The number of aromatic nitrogens is 4. The maximum absolute atomic E-state index is 13.8. The fourth-order valence-electron chi connectivity index (χ4n) is 3.67. The van der Waals surface area contributed by atoms with Gasteiger partial charge in [-0.15, -0.1) is 0 Å². The van der Waals surface area contributed by atoms with Crippen LogP contribution in [0.1, 0.15) is 11.1 Å². The standard InChI is InChI=1S/C23H27F3N8O/c1-28-5-6-29-13-15-3-2-4-16(11-15)20-31-21(33-22(32-20)34-7-9-35-10-8-34)17-14-30-19(27)12-18(17)23(24,25)26/h2-4,11-12,14,28-29H,5-10,13H2,1H3,(H2,27,30). The molecule has 12 heteroatoms. The Hall–Kier alpha value is -3.35. The largest absolute Gasteiger partial charge is 0.417 e. The normalized spacial score (nSPS) is 14.3. The summed E-state index contributed by atoms with van der Waals surface area (Å²) >= 11 is 0. The molecule has 0 unspecified atom stereocenters.